The number of aromatic nitrogens is 2. The van der Waals surface area contributed by atoms with E-state index in [1.54, 1.807) is 40.1 Å². The molecule has 0 spiro atoms. The number of methoxy groups -OCH3 is 1. The van der Waals surface area contributed by atoms with Crippen LogP contribution in [-0.2, 0) is 28.4 Å². The first-order valence-corrected chi connectivity index (χ1v) is 15.6. The Labute approximate surface area is 239 Å². The molecule has 40 heavy (non-hydrogen) atoms. The smallest absolute Gasteiger partial charge is 0.243 e. The zero-order chi connectivity index (χ0) is 29.2. The van der Waals surface area contributed by atoms with Crippen LogP contribution in [0.1, 0.15) is 67.0 Å². The van der Waals surface area contributed by atoms with Crippen molar-refractivity contribution < 1.29 is 17.9 Å². The molecule has 1 saturated carbocycles. The third-order valence-electron chi connectivity index (χ3n) is 8.25. The molecule has 0 unspecified atom stereocenters. The highest BCUT2D eigenvalue weighted by Gasteiger charge is 2.29. The van der Waals surface area contributed by atoms with Crippen molar-refractivity contribution in [1.82, 2.24) is 18.8 Å². The highest BCUT2D eigenvalue weighted by atomic mass is 32.2. The summed E-state index contributed by atoms with van der Waals surface area (Å²) in [5.41, 5.74) is 4.75. The van der Waals surface area contributed by atoms with E-state index in [2.05, 4.69) is 48.8 Å². The fourth-order valence-electron chi connectivity index (χ4n) is 6.13. The first-order valence-electron chi connectivity index (χ1n) is 14.1. The minimum absolute atomic E-state index is 0.129. The number of rotatable bonds is 11. The number of imidazole rings is 1. The Morgan fingerprint density at radius 1 is 1.05 bits per heavy atom. The number of hydrogen-bond donors (Lipinski definition) is 0. The lowest BCUT2D eigenvalue weighted by molar-refractivity contribution is -0.120. The average Bonchev–Trinajstić information content (AvgIpc) is 3.22. The number of aryl methyl sites for hydroxylation is 3. The third kappa shape index (κ3) is 6.58. The summed E-state index contributed by atoms with van der Waals surface area (Å²) >= 11 is 0. The van der Waals surface area contributed by atoms with E-state index in [4.69, 9.17) is 9.72 Å². The SMILES string of the molecule is COc1cc(C)c(S(=O)(=O)N(C)CCC(=O)CC2CCC(c3nc4cc(CN(C)C)ccc4n3C)CC2)c(C)c1. The van der Waals surface area contributed by atoms with Crippen molar-refractivity contribution in [3.63, 3.8) is 0 Å². The molecule has 0 aliphatic heterocycles. The van der Waals surface area contributed by atoms with Crippen LogP contribution in [-0.4, -0.2) is 67.8 Å². The highest BCUT2D eigenvalue weighted by Crippen LogP contribution is 2.38. The number of ether oxygens (including phenoxy) is 1. The summed E-state index contributed by atoms with van der Waals surface area (Å²) in [6.07, 6.45) is 4.75. The predicted octanol–water partition coefficient (Wildman–Crippen LogP) is 5.20. The number of nitrogens with zero attached hydrogens (tertiary/aromatic N) is 4. The molecule has 0 amide bonds. The summed E-state index contributed by atoms with van der Waals surface area (Å²) < 4.78 is 35.3. The van der Waals surface area contributed by atoms with E-state index in [9.17, 15) is 13.2 Å². The molecule has 0 N–H and O–H groups in total. The number of ketones is 1. The van der Waals surface area contributed by atoms with E-state index in [1.807, 2.05) is 0 Å². The molecule has 1 aliphatic carbocycles. The van der Waals surface area contributed by atoms with Crippen LogP contribution in [0.5, 0.6) is 5.75 Å². The number of benzene rings is 2. The predicted molar refractivity (Wildman–Crippen MR) is 159 cm³/mol. The molecule has 9 heteroatoms. The van der Waals surface area contributed by atoms with Gasteiger partial charge in [0.2, 0.25) is 10.0 Å². The monoisotopic (exact) mass is 568 g/mol. The molecule has 1 aliphatic rings. The van der Waals surface area contributed by atoms with E-state index in [1.165, 1.54) is 9.87 Å². The van der Waals surface area contributed by atoms with Gasteiger partial charge >= 0.3 is 0 Å². The topological polar surface area (TPSA) is 84.7 Å². The Hall–Kier alpha value is -2.75. The minimum Gasteiger partial charge on any atom is -0.497 e. The normalized spacial score (nSPS) is 18.1. The molecular formula is C31H44N4O4S. The van der Waals surface area contributed by atoms with Crippen molar-refractivity contribution >= 4 is 26.8 Å². The van der Waals surface area contributed by atoms with Gasteiger partial charge in [0, 0.05) is 45.9 Å². The van der Waals surface area contributed by atoms with Crippen LogP contribution in [0.25, 0.3) is 11.0 Å². The van der Waals surface area contributed by atoms with Gasteiger partial charge in [-0.25, -0.2) is 17.7 Å². The largest absolute Gasteiger partial charge is 0.497 e. The van der Waals surface area contributed by atoms with E-state index in [0.717, 1.165) is 49.1 Å². The maximum absolute atomic E-state index is 13.3. The van der Waals surface area contributed by atoms with Crippen molar-refractivity contribution in [2.45, 2.75) is 69.7 Å². The molecule has 2 aromatic carbocycles. The molecule has 0 saturated heterocycles. The summed E-state index contributed by atoms with van der Waals surface area (Å²) in [4.78, 5) is 20.3. The number of Topliss-reactive ketones (excluding diaryl/α,β-unsaturated/α-hetero) is 1. The Morgan fingerprint density at radius 2 is 1.70 bits per heavy atom. The first-order chi connectivity index (χ1) is 18.9. The van der Waals surface area contributed by atoms with Crippen molar-refractivity contribution in [1.29, 1.82) is 0 Å². The van der Waals surface area contributed by atoms with E-state index in [-0.39, 0.29) is 23.6 Å². The van der Waals surface area contributed by atoms with Crippen LogP contribution in [0, 0.1) is 19.8 Å². The van der Waals surface area contributed by atoms with Gasteiger partial charge in [-0.05, 0) is 100 Å². The standard InChI is InChI=1S/C31H44N4O4S/c1-21-16-27(39-7)17-22(2)30(21)40(37,38)34(5)15-14-26(36)18-23-8-11-25(12-9-23)31-32-28-19-24(20-33(3)4)10-13-29(28)35(31)6/h10,13,16-17,19,23,25H,8-9,11-12,14-15,18,20H2,1-7H3. The Morgan fingerprint density at radius 3 is 2.30 bits per heavy atom. The molecule has 1 heterocycles. The Bertz CT molecular complexity index is 1450. The number of hydrogen-bond acceptors (Lipinski definition) is 6. The molecule has 218 valence electrons. The molecule has 0 radical (unpaired) electrons. The van der Waals surface area contributed by atoms with Gasteiger partial charge in [-0.15, -0.1) is 0 Å². The van der Waals surface area contributed by atoms with Gasteiger partial charge in [0.25, 0.3) is 0 Å². The summed E-state index contributed by atoms with van der Waals surface area (Å²) in [6, 6.07) is 10.00. The number of carbonyl (C=O) groups excluding carboxylic acids is 1. The maximum Gasteiger partial charge on any atom is 0.243 e. The fraction of sp³-hybridized carbons (Fsp3) is 0.548. The molecular weight excluding hydrogens is 524 g/mol. The highest BCUT2D eigenvalue weighted by molar-refractivity contribution is 7.89. The molecule has 0 atom stereocenters. The summed E-state index contributed by atoms with van der Waals surface area (Å²) in [7, 11) is 5.66. The van der Waals surface area contributed by atoms with E-state index < -0.39 is 10.0 Å². The van der Waals surface area contributed by atoms with Crippen molar-refractivity contribution in [2.75, 3.05) is 34.8 Å². The van der Waals surface area contributed by atoms with Crippen molar-refractivity contribution in [2.24, 2.45) is 13.0 Å². The van der Waals surface area contributed by atoms with E-state index in [0.29, 0.717) is 35.1 Å². The minimum atomic E-state index is -3.70. The quantitative estimate of drug-likeness (QED) is 0.316. The molecule has 1 aromatic heterocycles. The van der Waals surface area contributed by atoms with Gasteiger partial charge in [0.15, 0.2) is 0 Å². The van der Waals surface area contributed by atoms with Crippen LogP contribution in [0.4, 0.5) is 0 Å². The summed E-state index contributed by atoms with van der Waals surface area (Å²) in [6.45, 7) is 4.61. The lowest BCUT2D eigenvalue weighted by Gasteiger charge is -2.28. The lowest BCUT2D eigenvalue weighted by Crippen LogP contribution is -2.30. The second kappa shape index (κ2) is 12.4. The van der Waals surface area contributed by atoms with Gasteiger partial charge in [-0.3, -0.25) is 4.79 Å². The summed E-state index contributed by atoms with van der Waals surface area (Å²) in [5, 5.41) is 0. The zero-order valence-corrected chi connectivity index (χ0v) is 25.8. The Balaban J connectivity index is 1.31. The molecule has 1 fully saturated rings. The van der Waals surface area contributed by atoms with Crippen LogP contribution in [0.2, 0.25) is 0 Å². The van der Waals surface area contributed by atoms with Crippen LogP contribution in [0.3, 0.4) is 0 Å². The number of sulfonamides is 1. The second-order valence-corrected chi connectivity index (χ2v) is 13.7. The molecule has 0 bridgehead atoms. The number of fused-ring (bicyclic) bond motifs is 1. The average molecular weight is 569 g/mol. The first kappa shape index (κ1) is 30.2. The third-order valence-corrected chi connectivity index (χ3v) is 10.4. The molecule has 8 nitrogen and oxygen atoms in total. The van der Waals surface area contributed by atoms with Crippen LogP contribution in [0.15, 0.2) is 35.2 Å². The summed E-state index contributed by atoms with van der Waals surface area (Å²) in [5.74, 6) is 2.64. The van der Waals surface area contributed by atoms with Gasteiger partial charge in [-0.2, -0.15) is 0 Å². The maximum atomic E-state index is 13.3. The lowest BCUT2D eigenvalue weighted by atomic mass is 9.79. The van der Waals surface area contributed by atoms with Crippen LogP contribution >= 0.6 is 0 Å². The van der Waals surface area contributed by atoms with Crippen LogP contribution < -0.4 is 4.74 Å². The van der Waals surface area contributed by atoms with Gasteiger partial charge in [0.05, 0.1) is 23.0 Å². The fourth-order valence-corrected chi connectivity index (χ4v) is 7.71. The van der Waals surface area contributed by atoms with E-state index >= 15 is 0 Å². The Kier molecular flexibility index (Phi) is 9.37. The molecule has 3 aromatic rings. The number of carbonyl (C=O) groups is 1. The van der Waals surface area contributed by atoms with Crippen molar-refractivity contribution in [3.05, 3.63) is 52.8 Å². The van der Waals surface area contributed by atoms with Gasteiger partial charge < -0.3 is 14.2 Å². The van der Waals surface area contributed by atoms with Gasteiger partial charge in [0.1, 0.15) is 17.4 Å². The van der Waals surface area contributed by atoms with Crippen molar-refractivity contribution in [3.8, 4) is 5.75 Å². The molecule has 4 rings (SSSR count). The second-order valence-electron chi connectivity index (χ2n) is 11.7. The van der Waals surface area contributed by atoms with Gasteiger partial charge in [-0.1, -0.05) is 6.07 Å². The zero-order valence-electron chi connectivity index (χ0n) is 25.0.